The van der Waals surface area contributed by atoms with Crippen LogP contribution in [0.1, 0.15) is 5.56 Å². The van der Waals surface area contributed by atoms with Gasteiger partial charge in [-0.3, -0.25) is 9.59 Å². The van der Waals surface area contributed by atoms with Gasteiger partial charge in [-0.25, -0.2) is 0 Å². The summed E-state index contributed by atoms with van der Waals surface area (Å²) < 4.78 is 5.37. The van der Waals surface area contributed by atoms with E-state index in [-0.39, 0.29) is 24.9 Å². The minimum atomic E-state index is -0.173. The standard InChI is InChI=1S/C23H27N5O3/c1-27(16-22(29)25-19-4-2-18(3-5-19)10-11-24)17-23(30)26-20-6-8-21(9-7-20)28-12-14-31-15-13-28/h2-9H,10,12-17H2,1H3,(H,25,29)(H,26,30)/p+1. The lowest BCUT2D eigenvalue weighted by Crippen LogP contribution is -3.11. The first-order valence-electron chi connectivity index (χ1n) is 10.3. The van der Waals surface area contributed by atoms with Gasteiger partial charge in [-0.15, -0.1) is 0 Å². The molecule has 0 aliphatic carbocycles. The number of likely N-dealkylation sites (N-methyl/N-ethyl adjacent to an activating group) is 1. The van der Waals surface area contributed by atoms with Crippen LogP contribution >= 0.6 is 0 Å². The molecule has 8 nitrogen and oxygen atoms in total. The van der Waals surface area contributed by atoms with Crippen LogP contribution in [-0.2, 0) is 20.7 Å². The number of amides is 2. The maximum atomic E-state index is 12.3. The van der Waals surface area contributed by atoms with Gasteiger partial charge in [-0.1, -0.05) is 12.1 Å². The number of nitriles is 1. The van der Waals surface area contributed by atoms with E-state index in [2.05, 4.69) is 21.6 Å². The Balaban J connectivity index is 1.42. The van der Waals surface area contributed by atoms with Crippen molar-refractivity contribution in [3.63, 3.8) is 0 Å². The molecule has 31 heavy (non-hydrogen) atoms. The SMILES string of the molecule is C[NH+](CC(=O)Nc1ccc(CC#N)cc1)CC(=O)Nc1ccc(N2CCOCC2)cc1. The molecule has 0 radical (unpaired) electrons. The zero-order valence-corrected chi connectivity index (χ0v) is 17.7. The summed E-state index contributed by atoms with van der Waals surface area (Å²) >= 11 is 0. The molecular formula is C23H28N5O3+. The van der Waals surface area contributed by atoms with Crippen LogP contribution in [0, 0.1) is 11.3 Å². The molecule has 2 aromatic carbocycles. The second kappa shape index (κ2) is 11.1. The third-order valence-electron chi connectivity index (χ3n) is 4.97. The van der Waals surface area contributed by atoms with Crippen molar-refractivity contribution in [2.45, 2.75) is 6.42 Å². The molecule has 162 valence electrons. The summed E-state index contributed by atoms with van der Waals surface area (Å²) in [4.78, 5) is 27.6. The van der Waals surface area contributed by atoms with Crippen molar-refractivity contribution in [3.05, 3.63) is 54.1 Å². The van der Waals surface area contributed by atoms with Gasteiger partial charge in [-0.05, 0) is 42.0 Å². The Bertz CT molecular complexity index is 916. The summed E-state index contributed by atoms with van der Waals surface area (Å²) in [6.07, 6.45) is 0.339. The maximum absolute atomic E-state index is 12.3. The minimum Gasteiger partial charge on any atom is -0.378 e. The topological polar surface area (TPSA) is 98.9 Å². The lowest BCUT2D eigenvalue weighted by molar-refractivity contribution is -0.862. The Labute approximate surface area is 182 Å². The fraction of sp³-hybridized carbons (Fsp3) is 0.348. The molecule has 1 aliphatic rings. The predicted molar refractivity (Wildman–Crippen MR) is 119 cm³/mol. The summed E-state index contributed by atoms with van der Waals surface area (Å²) in [5.74, 6) is -0.321. The van der Waals surface area contributed by atoms with Crippen LogP contribution in [0.5, 0.6) is 0 Å². The number of nitrogens with zero attached hydrogens (tertiary/aromatic N) is 2. The first-order valence-corrected chi connectivity index (χ1v) is 10.3. The highest BCUT2D eigenvalue weighted by Gasteiger charge is 2.15. The van der Waals surface area contributed by atoms with E-state index >= 15 is 0 Å². The highest BCUT2D eigenvalue weighted by molar-refractivity contribution is 5.93. The van der Waals surface area contributed by atoms with Crippen molar-refractivity contribution in [2.24, 2.45) is 0 Å². The number of ether oxygens (including phenoxy) is 1. The number of morpholine rings is 1. The summed E-state index contributed by atoms with van der Waals surface area (Å²) in [5, 5.41) is 14.4. The van der Waals surface area contributed by atoms with E-state index < -0.39 is 0 Å². The first-order chi connectivity index (χ1) is 15.0. The van der Waals surface area contributed by atoms with E-state index in [1.807, 2.05) is 36.4 Å². The normalized spacial score (nSPS) is 14.4. The van der Waals surface area contributed by atoms with Crippen LogP contribution in [0.4, 0.5) is 17.1 Å². The number of carbonyl (C=O) groups is 2. The Hall–Kier alpha value is -3.41. The monoisotopic (exact) mass is 422 g/mol. The summed E-state index contributed by atoms with van der Waals surface area (Å²) in [6, 6.07) is 17.0. The molecule has 1 heterocycles. The molecule has 1 fully saturated rings. The summed E-state index contributed by atoms with van der Waals surface area (Å²) in [5.41, 5.74) is 3.42. The zero-order chi connectivity index (χ0) is 22.1. The third kappa shape index (κ3) is 7.10. The fourth-order valence-electron chi connectivity index (χ4n) is 3.40. The molecule has 1 atom stereocenters. The zero-order valence-electron chi connectivity index (χ0n) is 17.7. The van der Waals surface area contributed by atoms with Crippen LogP contribution in [0.2, 0.25) is 0 Å². The Morgan fingerprint density at radius 2 is 1.48 bits per heavy atom. The van der Waals surface area contributed by atoms with Gasteiger partial charge < -0.3 is 25.2 Å². The second-order valence-corrected chi connectivity index (χ2v) is 7.59. The number of anilines is 3. The predicted octanol–water partition coefficient (Wildman–Crippen LogP) is 0.681. The highest BCUT2D eigenvalue weighted by Crippen LogP contribution is 2.18. The number of rotatable bonds is 8. The van der Waals surface area contributed by atoms with E-state index in [9.17, 15) is 9.59 Å². The molecule has 2 aromatic rings. The van der Waals surface area contributed by atoms with Crippen LogP contribution in [0.15, 0.2) is 48.5 Å². The number of carbonyl (C=O) groups excluding carboxylic acids is 2. The second-order valence-electron chi connectivity index (χ2n) is 7.59. The minimum absolute atomic E-state index is 0.148. The summed E-state index contributed by atoms with van der Waals surface area (Å²) in [6.45, 7) is 3.54. The van der Waals surface area contributed by atoms with Gasteiger partial charge in [0.15, 0.2) is 13.1 Å². The van der Waals surface area contributed by atoms with Crippen molar-refractivity contribution >= 4 is 28.9 Å². The third-order valence-corrected chi connectivity index (χ3v) is 4.97. The molecule has 3 N–H and O–H groups in total. The average Bonchev–Trinajstić information content (AvgIpc) is 2.76. The molecule has 0 spiro atoms. The number of benzene rings is 2. The molecule has 0 saturated carbocycles. The number of hydrogen-bond donors (Lipinski definition) is 3. The Kier molecular flexibility index (Phi) is 7.98. The smallest absolute Gasteiger partial charge is 0.279 e. The number of quaternary nitrogens is 1. The van der Waals surface area contributed by atoms with Crippen molar-refractivity contribution in [1.82, 2.24) is 0 Å². The number of hydrogen-bond acceptors (Lipinski definition) is 5. The molecule has 1 saturated heterocycles. The molecule has 8 heteroatoms. The van der Waals surface area contributed by atoms with Gasteiger partial charge in [0.1, 0.15) is 0 Å². The van der Waals surface area contributed by atoms with Crippen LogP contribution < -0.4 is 20.4 Å². The van der Waals surface area contributed by atoms with Gasteiger partial charge in [-0.2, -0.15) is 5.26 Å². The van der Waals surface area contributed by atoms with Gasteiger partial charge in [0.2, 0.25) is 0 Å². The Morgan fingerprint density at radius 1 is 0.968 bits per heavy atom. The van der Waals surface area contributed by atoms with Crippen molar-refractivity contribution in [1.29, 1.82) is 5.26 Å². The molecule has 1 aliphatic heterocycles. The highest BCUT2D eigenvalue weighted by atomic mass is 16.5. The van der Waals surface area contributed by atoms with Gasteiger partial charge >= 0.3 is 0 Å². The van der Waals surface area contributed by atoms with Crippen molar-refractivity contribution in [3.8, 4) is 6.07 Å². The molecular weight excluding hydrogens is 394 g/mol. The van der Waals surface area contributed by atoms with E-state index in [1.165, 1.54) is 0 Å². The Morgan fingerprint density at radius 3 is 2.00 bits per heavy atom. The first kappa shape index (κ1) is 22.3. The van der Waals surface area contributed by atoms with Gasteiger partial charge in [0.05, 0.1) is 32.8 Å². The average molecular weight is 423 g/mol. The van der Waals surface area contributed by atoms with Crippen LogP contribution in [0.3, 0.4) is 0 Å². The van der Waals surface area contributed by atoms with E-state index in [1.54, 1.807) is 19.2 Å². The lowest BCUT2D eigenvalue weighted by Gasteiger charge is -2.28. The fourth-order valence-corrected chi connectivity index (χ4v) is 3.40. The molecule has 0 aromatic heterocycles. The maximum Gasteiger partial charge on any atom is 0.279 e. The molecule has 3 rings (SSSR count). The molecule has 2 amide bonds. The number of nitrogens with one attached hydrogen (secondary N) is 3. The van der Waals surface area contributed by atoms with Crippen molar-refractivity contribution in [2.75, 3.05) is 62.0 Å². The van der Waals surface area contributed by atoms with Crippen LogP contribution in [-0.4, -0.2) is 58.3 Å². The lowest BCUT2D eigenvalue weighted by atomic mass is 10.1. The van der Waals surface area contributed by atoms with Gasteiger partial charge in [0.25, 0.3) is 11.8 Å². The molecule has 1 unspecified atom stereocenters. The van der Waals surface area contributed by atoms with Crippen LogP contribution in [0.25, 0.3) is 0 Å². The quantitative estimate of drug-likeness (QED) is 0.581. The van der Waals surface area contributed by atoms with Gasteiger partial charge in [0, 0.05) is 30.2 Å². The van der Waals surface area contributed by atoms with E-state index in [0.717, 1.165) is 48.1 Å². The largest absolute Gasteiger partial charge is 0.378 e. The molecule has 0 bridgehead atoms. The van der Waals surface area contributed by atoms with E-state index in [0.29, 0.717) is 12.1 Å². The summed E-state index contributed by atoms with van der Waals surface area (Å²) in [7, 11) is 1.80. The van der Waals surface area contributed by atoms with Crippen molar-refractivity contribution < 1.29 is 19.2 Å². The van der Waals surface area contributed by atoms with E-state index in [4.69, 9.17) is 10.00 Å².